The molecule has 1 N–H and O–H groups in total. The van der Waals surface area contributed by atoms with Gasteiger partial charge in [0, 0.05) is 26.2 Å². The lowest BCUT2D eigenvalue weighted by Crippen LogP contribution is -2.47. The second-order valence-electron chi connectivity index (χ2n) is 6.43. The van der Waals surface area contributed by atoms with Crippen LogP contribution in [0.5, 0.6) is 5.75 Å². The molecule has 0 aliphatic rings. The lowest BCUT2D eigenvalue weighted by molar-refractivity contribution is 0.232. The first-order chi connectivity index (χ1) is 13.1. The highest BCUT2D eigenvalue weighted by Gasteiger charge is 2.11. The van der Waals surface area contributed by atoms with Crippen molar-refractivity contribution in [3.8, 4) is 5.75 Å². The number of rotatable bonds is 14. The minimum Gasteiger partial charge on any atom is -0.492 e. The summed E-state index contributed by atoms with van der Waals surface area (Å²) in [5, 5.41) is 4.26. The van der Waals surface area contributed by atoms with Gasteiger partial charge in [0.2, 0.25) is 0 Å². The van der Waals surface area contributed by atoms with Gasteiger partial charge in [0.1, 0.15) is 12.4 Å². The molecular weight excluding hydrogens is 356 g/mol. The van der Waals surface area contributed by atoms with E-state index in [0.717, 1.165) is 69.8 Å². The van der Waals surface area contributed by atoms with Gasteiger partial charge in [0.15, 0.2) is 5.11 Å². The van der Waals surface area contributed by atoms with Crippen LogP contribution in [0.4, 0.5) is 0 Å². The zero-order valence-electron chi connectivity index (χ0n) is 17.6. The molecule has 0 atom stereocenters. The third-order valence-electron chi connectivity index (χ3n) is 4.84. The van der Waals surface area contributed by atoms with E-state index in [2.05, 4.69) is 47.7 Å². The second kappa shape index (κ2) is 14.7. The highest BCUT2D eigenvalue weighted by molar-refractivity contribution is 7.80. The molecule has 0 heterocycles. The molecule has 0 amide bonds. The van der Waals surface area contributed by atoms with E-state index < -0.39 is 0 Å². The molecule has 0 aliphatic heterocycles. The molecule has 0 aromatic heterocycles. The lowest BCUT2D eigenvalue weighted by Gasteiger charge is -2.29. The van der Waals surface area contributed by atoms with Gasteiger partial charge in [0.25, 0.3) is 0 Å². The number of para-hydroxylation sites is 1. The molecule has 5 nitrogen and oxygen atoms in total. The van der Waals surface area contributed by atoms with Crippen LogP contribution in [0.25, 0.3) is 0 Å². The molecule has 0 fully saturated rings. The first kappa shape index (κ1) is 23.7. The molecule has 0 saturated heterocycles. The third kappa shape index (κ3) is 9.94. The van der Waals surface area contributed by atoms with Gasteiger partial charge >= 0.3 is 0 Å². The van der Waals surface area contributed by atoms with E-state index in [1.807, 2.05) is 30.3 Å². The molecular formula is C21H38N4OS. The normalized spacial score (nSPS) is 11.0. The number of thiocarbonyl (C=S) groups is 1. The van der Waals surface area contributed by atoms with E-state index in [-0.39, 0.29) is 0 Å². The minimum absolute atomic E-state index is 0.625. The molecule has 1 aromatic rings. The SMILES string of the molecule is CCN(CC)CCNC(=S)N(CCOc1ccccc1)CCN(CC)CC. The van der Waals surface area contributed by atoms with E-state index in [1.54, 1.807) is 0 Å². The highest BCUT2D eigenvalue weighted by Crippen LogP contribution is 2.08. The van der Waals surface area contributed by atoms with Gasteiger partial charge in [-0.25, -0.2) is 0 Å². The number of hydrogen-bond donors (Lipinski definition) is 1. The van der Waals surface area contributed by atoms with Gasteiger partial charge in [-0.2, -0.15) is 0 Å². The molecule has 0 aliphatic carbocycles. The van der Waals surface area contributed by atoms with Crippen LogP contribution in [0.1, 0.15) is 27.7 Å². The van der Waals surface area contributed by atoms with Gasteiger partial charge < -0.3 is 24.8 Å². The highest BCUT2D eigenvalue weighted by atomic mass is 32.1. The van der Waals surface area contributed by atoms with Crippen molar-refractivity contribution in [2.24, 2.45) is 0 Å². The van der Waals surface area contributed by atoms with E-state index >= 15 is 0 Å². The van der Waals surface area contributed by atoms with Crippen molar-refractivity contribution in [3.63, 3.8) is 0 Å². The van der Waals surface area contributed by atoms with Crippen LogP contribution in [0.15, 0.2) is 30.3 Å². The largest absolute Gasteiger partial charge is 0.492 e. The maximum absolute atomic E-state index is 5.87. The Morgan fingerprint density at radius 2 is 1.44 bits per heavy atom. The average Bonchev–Trinajstić information content (AvgIpc) is 2.71. The second-order valence-corrected chi connectivity index (χ2v) is 6.82. The fourth-order valence-corrected chi connectivity index (χ4v) is 3.16. The van der Waals surface area contributed by atoms with Gasteiger partial charge in [-0.05, 0) is 50.5 Å². The summed E-state index contributed by atoms with van der Waals surface area (Å²) in [5.41, 5.74) is 0. The fraction of sp³-hybridized carbons (Fsp3) is 0.667. The maximum Gasteiger partial charge on any atom is 0.169 e. The zero-order valence-corrected chi connectivity index (χ0v) is 18.4. The lowest BCUT2D eigenvalue weighted by atomic mass is 10.3. The Kier molecular flexibility index (Phi) is 12.9. The van der Waals surface area contributed by atoms with Gasteiger partial charge in [-0.3, -0.25) is 0 Å². The summed E-state index contributed by atoms with van der Waals surface area (Å²) in [6.45, 7) is 18.3. The van der Waals surface area contributed by atoms with Crippen molar-refractivity contribution in [1.82, 2.24) is 20.0 Å². The molecule has 0 saturated carbocycles. The summed E-state index contributed by atoms with van der Waals surface area (Å²) >= 11 is 5.68. The molecule has 1 rings (SSSR count). The van der Waals surface area contributed by atoms with Crippen LogP contribution in [-0.2, 0) is 0 Å². The molecule has 154 valence electrons. The van der Waals surface area contributed by atoms with Crippen molar-refractivity contribution in [2.75, 3.05) is 65.5 Å². The van der Waals surface area contributed by atoms with Crippen LogP contribution < -0.4 is 10.1 Å². The molecule has 6 heteroatoms. The monoisotopic (exact) mass is 394 g/mol. The average molecular weight is 395 g/mol. The number of benzene rings is 1. The Bertz CT molecular complexity index is 492. The number of nitrogens with zero attached hydrogens (tertiary/aromatic N) is 3. The van der Waals surface area contributed by atoms with Crippen molar-refractivity contribution in [1.29, 1.82) is 0 Å². The van der Waals surface area contributed by atoms with Crippen molar-refractivity contribution >= 4 is 17.3 Å². The predicted molar refractivity (Wildman–Crippen MR) is 120 cm³/mol. The van der Waals surface area contributed by atoms with Crippen molar-refractivity contribution in [3.05, 3.63) is 30.3 Å². The molecule has 0 unspecified atom stereocenters. The van der Waals surface area contributed by atoms with Crippen LogP contribution >= 0.6 is 12.2 Å². The van der Waals surface area contributed by atoms with Crippen molar-refractivity contribution < 1.29 is 4.74 Å². The molecule has 1 aromatic carbocycles. The van der Waals surface area contributed by atoms with Crippen LogP contribution in [-0.4, -0.2) is 85.3 Å². The predicted octanol–water partition coefficient (Wildman–Crippen LogP) is 2.93. The van der Waals surface area contributed by atoms with E-state index in [9.17, 15) is 0 Å². The Morgan fingerprint density at radius 1 is 0.852 bits per heavy atom. The topological polar surface area (TPSA) is 31.0 Å². The summed E-state index contributed by atoms with van der Waals surface area (Å²) in [7, 11) is 0. The maximum atomic E-state index is 5.87. The summed E-state index contributed by atoms with van der Waals surface area (Å²) in [6.07, 6.45) is 0. The Labute approximate surface area is 171 Å². The van der Waals surface area contributed by atoms with E-state index in [4.69, 9.17) is 17.0 Å². The van der Waals surface area contributed by atoms with Gasteiger partial charge in [-0.15, -0.1) is 0 Å². The van der Waals surface area contributed by atoms with E-state index in [1.165, 1.54) is 0 Å². The number of ether oxygens (including phenoxy) is 1. The molecule has 27 heavy (non-hydrogen) atoms. The van der Waals surface area contributed by atoms with Crippen LogP contribution in [0, 0.1) is 0 Å². The van der Waals surface area contributed by atoms with Crippen molar-refractivity contribution in [2.45, 2.75) is 27.7 Å². The summed E-state index contributed by atoms with van der Waals surface area (Å²) < 4.78 is 5.87. The molecule has 0 radical (unpaired) electrons. The third-order valence-corrected chi connectivity index (χ3v) is 5.24. The quantitative estimate of drug-likeness (QED) is 0.488. The van der Waals surface area contributed by atoms with Crippen LogP contribution in [0.3, 0.4) is 0 Å². The molecule has 0 spiro atoms. The van der Waals surface area contributed by atoms with Crippen LogP contribution in [0.2, 0.25) is 0 Å². The zero-order chi connectivity index (χ0) is 19.9. The minimum atomic E-state index is 0.625. The Hall–Kier alpha value is -1.37. The Morgan fingerprint density at radius 3 is 2.04 bits per heavy atom. The summed E-state index contributed by atoms with van der Waals surface area (Å²) in [5.74, 6) is 0.904. The Balaban J connectivity index is 2.50. The molecule has 0 bridgehead atoms. The number of nitrogens with one attached hydrogen (secondary N) is 1. The first-order valence-electron chi connectivity index (χ1n) is 10.3. The fourth-order valence-electron chi connectivity index (χ4n) is 2.88. The summed E-state index contributed by atoms with van der Waals surface area (Å²) in [6, 6.07) is 9.96. The first-order valence-corrected chi connectivity index (χ1v) is 10.7. The van der Waals surface area contributed by atoms with E-state index in [0.29, 0.717) is 6.61 Å². The standard InChI is InChI=1S/C21H38N4OS/c1-5-23(6-2)15-14-22-21(27)25(17-16-24(7-3)8-4)18-19-26-20-12-10-9-11-13-20/h9-13H,5-8,14-19H2,1-4H3,(H,22,27). The van der Waals surface area contributed by atoms with Gasteiger partial charge in [0.05, 0.1) is 6.54 Å². The smallest absolute Gasteiger partial charge is 0.169 e. The summed E-state index contributed by atoms with van der Waals surface area (Å²) in [4.78, 5) is 7.05. The number of likely N-dealkylation sites (N-methyl/N-ethyl adjacent to an activating group) is 2. The number of hydrogen-bond acceptors (Lipinski definition) is 4. The van der Waals surface area contributed by atoms with Gasteiger partial charge in [-0.1, -0.05) is 45.9 Å².